The Morgan fingerprint density at radius 1 is 1.11 bits per heavy atom. The summed E-state index contributed by atoms with van der Waals surface area (Å²) in [4.78, 5) is 0. The first-order valence-electron chi connectivity index (χ1n) is 6.91. The fourth-order valence-corrected chi connectivity index (χ4v) is 2.12. The van der Waals surface area contributed by atoms with Gasteiger partial charge in [0.2, 0.25) is 0 Å². The fraction of sp³-hybridized carbons (Fsp3) is 0.375. The second-order valence-corrected chi connectivity index (χ2v) is 4.85. The first-order chi connectivity index (χ1) is 9.28. The molecule has 0 amide bonds. The third-order valence-electron chi connectivity index (χ3n) is 3.15. The van der Waals surface area contributed by atoms with Gasteiger partial charge in [-0.3, -0.25) is 0 Å². The Balaban J connectivity index is 1.69. The van der Waals surface area contributed by atoms with Crippen molar-refractivity contribution in [1.82, 2.24) is 9.88 Å². The average Bonchev–Trinajstić information content (AvgIpc) is 2.85. The molecule has 0 atom stereocenters. The van der Waals surface area contributed by atoms with Crippen LogP contribution >= 0.6 is 0 Å². The van der Waals surface area contributed by atoms with E-state index in [1.807, 2.05) is 12.1 Å². The van der Waals surface area contributed by atoms with Gasteiger partial charge in [-0.2, -0.15) is 0 Å². The number of nitrogens with zero attached hydrogens (tertiary/aromatic N) is 1. The molecule has 0 radical (unpaired) electrons. The summed E-state index contributed by atoms with van der Waals surface area (Å²) in [5, 5.41) is 12.6. The molecule has 1 heterocycles. The van der Waals surface area contributed by atoms with Gasteiger partial charge in [0, 0.05) is 25.5 Å². The molecule has 0 aliphatic carbocycles. The van der Waals surface area contributed by atoms with Gasteiger partial charge in [0.05, 0.1) is 0 Å². The molecule has 3 heteroatoms. The maximum absolute atomic E-state index is 9.21. The maximum atomic E-state index is 9.21. The van der Waals surface area contributed by atoms with Crippen molar-refractivity contribution in [3.63, 3.8) is 0 Å². The van der Waals surface area contributed by atoms with E-state index in [0.717, 1.165) is 26.1 Å². The normalized spacial score (nSPS) is 10.8. The predicted molar refractivity (Wildman–Crippen MR) is 78.2 cm³/mol. The van der Waals surface area contributed by atoms with Gasteiger partial charge in [-0.05, 0) is 48.7 Å². The zero-order valence-corrected chi connectivity index (χ0v) is 11.5. The molecule has 0 bridgehead atoms. The lowest BCUT2D eigenvalue weighted by Gasteiger charge is -2.04. The van der Waals surface area contributed by atoms with Gasteiger partial charge in [-0.1, -0.05) is 19.1 Å². The summed E-state index contributed by atoms with van der Waals surface area (Å²) in [5.74, 6) is 0.328. The monoisotopic (exact) mass is 258 g/mol. The topological polar surface area (TPSA) is 37.2 Å². The van der Waals surface area contributed by atoms with Crippen molar-refractivity contribution in [2.24, 2.45) is 0 Å². The summed E-state index contributed by atoms with van der Waals surface area (Å²) in [6.07, 6.45) is 6.50. The van der Waals surface area contributed by atoms with Gasteiger partial charge in [0.1, 0.15) is 5.75 Å². The third kappa shape index (κ3) is 4.45. The number of aromatic hydroxyl groups is 1. The van der Waals surface area contributed by atoms with Gasteiger partial charge in [0.25, 0.3) is 0 Å². The van der Waals surface area contributed by atoms with E-state index in [1.54, 1.807) is 12.1 Å². The number of hydrogen-bond acceptors (Lipinski definition) is 2. The van der Waals surface area contributed by atoms with Crippen LogP contribution in [0.4, 0.5) is 0 Å². The Hall–Kier alpha value is -1.74. The molecule has 0 saturated carbocycles. The van der Waals surface area contributed by atoms with Crippen molar-refractivity contribution in [3.8, 4) is 5.75 Å². The maximum Gasteiger partial charge on any atom is 0.115 e. The summed E-state index contributed by atoms with van der Waals surface area (Å²) in [5.41, 5.74) is 2.58. The second kappa shape index (κ2) is 7.00. The first-order valence-corrected chi connectivity index (χ1v) is 6.91. The lowest BCUT2D eigenvalue weighted by Crippen LogP contribution is -2.16. The van der Waals surface area contributed by atoms with E-state index in [9.17, 15) is 5.11 Å². The number of phenolic OH excluding ortho intramolecular Hbond substituents is 1. The number of benzene rings is 1. The fourth-order valence-electron chi connectivity index (χ4n) is 2.12. The molecule has 0 aliphatic rings. The van der Waals surface area contributed by atoms with Crippen molar-refractivity contribution in [2.75, 3.05) is 6.54 Å². The van der Waals surface area contributed by atoms with E-state index in [1.165, 1.54) is 17.5 Å². The van der Waals surface area contributed by atoms with Gasteiger partial charge in [-0.25, -0.2) is 0 Å². The minimum atomic E-state index is 0.328. The molecule has 0 spiro atoms. The summed E-state index contributed by atoms with van der Waals surface area (Å²) < 4.78 is 2.23. The molecular weight excluding hydrogens is 236 g/mol. The van der Waals surface area contributed by atoms with Crippen molar-refractivity contribution < 1.29 is 5.11 Å². The van der Waals surface area contributed by atoms with Crippen LogP contribution < -0.4 is 5.32 Å². The SMILES string of the molecule is CCCn1ccc(CNCCc2ccc(O)cc2)c1. The van der Waals surface area contributed by atoms with Crippen LogP contribution in [0.25, 0.3) is 0 Å². The molecule has 0 fully saturated rings. The smallest absolute Gasteiger partial charge is 0.115 e. The predicted octanol–water partition coefficient (Wildman–Crippen LogP) is 2.94. The largest absolute Gasteiger partial charge is 0.508 e. The Bertz CT molecular complexity index is 488. The van der Waals surface area contributed by atoms with Gasteiger partial charge >= 0.3 is 0 Å². The van der Waals surface area contributed by atoms with Crippen LogP contribution in [0.3, 0.4) is 0 Å². The molecule has 3 nitrogen and oxygen atoms in total. The van der Waals surface area contributed by atoms with Crippen LogP contribution in [-0.4, -0.2) is 16.2 Å². The van der Waals surface area contributed by atoms with Crippen LogP contribution in [0.15, 0.2) is 42.7 Å². The molecule has 0 aliphatic heterocycles. The quantitative estimate of drug-likeness (QED) is 0.749. The van der Waals surface area contributed by atoms with Crippen LogP contribution in [0.2, 0.25) is 0 Å². The number of rotatable bonds is 7. The van der Waals surface area contributed by atoms with E-state index >= 15 is 0 Å². The van der Waals surface area contributed by atoms with Crippen LogP contribution in [0.5, 0.6) is 5.75 Å². The Morgan fingerprint density at radius 3 is 2.63 bits per heavy atom. The molecule has 102 valence electrons. The zero-order valence-electron chi connectivity index (χ0n) is 11.5. The molecule has 2 rings (SSSR count). The van der Waals surface area contributed by atoms with Gasteiger partial charge < -0.3 is 15.0 Å². The zero-order chi connectivity index (χ0) is 13.5. The molecule has 19 heavy (non-hydrogen) atoms. The van der Waals surface area contributed by atoms with Gasteiger partial charge in [0.15, 0.2) is 0 Å². The highest BCUT2D eigenvalue weighted by molar-refractivity contribution is 5.26. The average molecular weight is 258 g/mol. The highest BCUT2D eigenvalue weighted by Crippen LogP contribution is 2.09. The van der Waals surface area contributed by atoms with Gasteiger partial charge in [-0.15, -0.1) is 0 Å². The number of aromatic nitrogens is 1. The van der Waals surface area contributed by atoms with Crippen molar-refractivity contribution in [1.29, 1.82) is 0 Å². The lowest BCUT2D eigenvalue weighted by molar-refractivity contribution is 0.475. The molecule has 0 saturated heterocycles. The summed E-state index contributed by atoms with van der Waals surface area (Å²) in [7, 11) is 0. The highest BCUT2D eigenvalue weighted by atomic mass is 16.3. The molecule has 1 aromatic heterocycles. The van der Waals surface area contributed by atoms with Crippen molar-refractivity contribution >= 4 is 0 Å². The van der Waals surface area contributed by atoms with E-state index in [-0.39, 0.29) is 0 Å². The Morgan fingerprint density at radius 2 is 1.89 bits per heavy atom. The van der Waals surface area contributed by atoms with Crippen LogP contribution in [0, 0.1) is 0 Å². The van der Waals surface area contributed by atoms with Crippen molar-refractivity contribution in [2.45, 2.75) is 32.9 Å². The lowest BCUT2D eigenvalue weighted by atomic mass is 10.1. The second-order valence-electron chi connectivity index (χ2n) is 4.85. The molecule has 0 unspecified atom stereocenters. The first kappa shape index (κ1) is 13.7. The summed E-state index contributed by atoms with van der Waals surface area (Å²) in [6.45, 7) is 5.14. The standard InChI is InChI=1S/C16H22N2O/c1-2-10-18-11-8-15(13-18)12-17-9-7-14-3-5-16(19)6-4-14/h3-6,8,11,13,17,19H,2,7,9-10,12H2,1H3. The van der Waals surface area contributed by atoms with E-state index in [2.05, 4.69) is 35.3 Å². The van der Waals surface area contributed by atoms with E-state index < -0.39 is 0 Å². The van der Waals surface area contributed by atoms with E-state index in [0.29, 0.717) is 5.75 Å². The minimum Gasteiger partial charge on any atom is -0.508 e. The number of nitrogens with one attached hydrogen (secondary N) is 1. The Kier molecular flexibility index (Phi) is 5.04. The third-order valence-corrected chi connectivity index (χ3v) is 3.15. The minimum absolute atomic E-state index is 0.328. The summed E-state index contributed by atoms with van der Waals surface area (Å²) >= 11 is 0. The molecule has 2 N–H and O–H groups in total. The Labute approximate surface area is 114 Å². The van der Waals surface area contributed by atoms with E-state index in [4.69, 9.17) is 0 Å². The van der Waals surface area contributed by atoms with Crippen molar-refractivity contribution in [3.05, 3.63) is 53.9 Å². The molecule has 1 aromatic carbocycles. The molecule has 2 aromatic rings. The summed E-state index contributed by atoms with van der Waals surface area (Å²) in [6, 6.07) is 9.58. The van der Waals surface area contributed by atoms with Crippen LogP contribution in [0.1, 0.15) is 24.5 Å². The highest BCUT2D eigenvalue weighted by Gasteiger charge is 1.97. The number of aryl methyl sites for hydroxylation is 1. The van der Waals surface area contributed by atoms with Crippen LogP contribution in [-0.2, 0) is 19.5 Å². The number of phenols is 1. The molecular formula is C16H22N2O. The number of hydrogen-bond donors (Lipinski definition) is 2.